The average Bonchev–Trinajstić information content (AvgIpc) is 2.81. The van der Waals surface area contributed by atoms with E-state index in [-0.39, 0.29) is 6.03 Å². The van der Waals surface area contributed by atoms with Crippen molar-refractivity contribution in [3.05, 3.63) is 58.5 Å². The summed E-state index contributed by atoms with van der Waals surface area (Å²) in [5.74, 6) is 0.705. The lowest BCUT2D eigenvalue weighted by atomic mass is 10.2. The van der Waals surface area contributed by atoms with E-state index in [4.69, 9.17) is 4.42 Å². The van der Waals surface area contributed by atoms with Crippen molar-refractivity contribution in [2.75, 3.05) is 0 Å². The molecule has 1 aromatic carbocycles. The van der Waals surface area contributed by atoms with Crippen LogP contribution in [0, 0.1) is 0 Å². The summed E-state index contributed by atoms with van der Waals surface area (Å²) in [6, 6.07) is 13.1. The minimum Gasteiger partial charge on any atom is -0.452 e. The van der Waals surface area contributed by atoms with Crippen LogP contribution in [0.25, 0.3) is 0 Å². The molecule has 0 bridgehead atoms. The molecule has 0 fully saturated rings. The fourth-order valence-corrected chi connectivity index (χ4v) is 1.79. The summed E-state index contributed by atoms with van der Waals surface area (Å²) in [5, 5.41) is 5.49. The molecule has 2 amide bonds. The molecule has 2 N–H and O–H groups in total. The van der Waals surface area contributed by atoms with Crippen LogP contribution in [-0.2, 0) is 13.1 Å². The number of urea groups is 1. The third-order valence-corrected chi connectivity index (χ3v) is 2.77. The monoisotopic (exact) mass is 308 g/mol. The fourth-order valence-electron chi connectivity index (χ4n) is 1.45. The van der Waals surface area contributed by atoms with Crippen molar-refractivity contribution in [1.29, 1.82) is 0 Å². The summed E-state index contributed by atoms with van der Waals surface area (Å²) in [6.07, 6.45) is 0. The molecule has 0 unspecified atom stereocenters. The standard InChI is InChI=1S/C13H13BrN2O2/c14-12-7-6-11(18-12)9-16-13(17)15-8-10-4-2-1-3-5-10/h1-7H,8-9H2,(H2,15,16,17). The molecule has 1 aromatic heterocycles. The van der Waals surface area contributed by atoms with Gasteiger partial charge in [0.1, 0.15) is 5.76 Å². The molecule has 0 aliphatic rings. The second-order valence-corrected chi connectivity index (χ2v) is 4.51. The molecule has 0 aliphatic carbocycles. The number of carbonyl (C=O) groups excluding carboxylic acids is 1. The first kappa shape index (κ1) is 12.7. The zero-order valence-corrected chi connectivity index (χ0v) is 11.2. The van der Waals surface area contributed by atoms with E-state index in [0.717, 1.165) is 5.56 Å². The van der Waals surface area contributed by atoms with Gasteiger partial charge in [0.05, 0.1) is 6.54 Å². The summed E-state index contributed by atoms with van der Waals surface area (Å²) in [5.41, 5.74) is 1.06. The number of rotatable bonds is 4. The second-order valence-electron chi connectivity index (χ2n) is 3.73. The van der Waals surface area contributed by atoms with Gasteiger partial charge in [-0.15, -0.1) is 0 Å². The lowest BCUT2D eigenvalue weighted by Gasteiger charge is -2.06. The van der Waals surface area contributed by atoms with E-state index in [1.807, 2.05) is 36.4 Å². The molecule has 4 nitrogen and oxygen atoms in total. The largest absolute Gasteiger partial charge is 0.452 e. The first-order valence-electron chi connectivity index (χ1n) is 5.54. The Morgan fingerprint density at radius 1 is 1.06 bits per heavy atom. The van der Waals surface area contributed by atoms with Gasteiger partial charge < -0.3 is 15.1 Å². The Labute approximate surface area is 114 Å². The van der Waals surface area contributed by atoms with Crippen LogP contribution in [0.3, 0.4) is 0 Å². The van der Waals surface area contributed by atoms with Gasteiger partial charge in [0, 0.05) is 6.54 Å². The smallest absolute Gasteiger partial charge is 0.315 e. The Morgan fingerprint density at radius 3 is 2.44 bits per heavy atom. The molecular weight excluding hydrogens is 296 g/mol. The summed E-state index contributed by atoms with van der Waals surface area (Å²) in [7, 11) is 0. The second kappa shape index (κ2) is 6.26. The Balaban J connectivity index is 1.73. The predicted molar refractivity (Wildman–Crippen MR) is 71.9 cm³/mol. The number of halogens is 1. The van der Waals surface area contributed by atoms with Crippen molar-refractivity contribution in [2.24, 2.45) is 0 Å². The quantitative estimate of drug-likeness (QED) is 0.912. The van der Waals surface area contributed by atoms with Crippen molar-refractivity contribution in [3.8, 4) is 0 Å². The van der Waals surface area contributed by atoms with E-state index in [9.17, 15) is 4.79 Å². The Bertz CT molecular complexity index is 511. The van der Waals surface area contributed by atoms with E-state index in [1.165, 1.54) is 0 Å². The van der Waals surface area contributed by atoms with Crippen LogP contribution in [0.4, 0.5) is 4.79 Å². The third-order valence-electron chi connectivity index (χ3n) is 2.35. The molecule has 1 heterocycles. The van der Waals surface area contributed by atoms with Gasteiger partial charge in [-0.2, -0.15) is 0 Å². The van der Waals surface area contributed by atoms with Gasteiger partial charge in [-0.3, -0.25) is 0 Å². The molecule has 0 saturated carbocycles. The first-order valence-corrected chi connectivity index (χ1v) is 6.33. The van der Waals surface area contributed by atoms with Crippen molar-refractivity contribution in [2.45, 2.75) is 13.1 Å². The van der Waals surface area contributed by atoms with Crippen molar-refractivity contribution >= 4 is 22.0 Å². The van der Waals surface area contributed by atoms with Crippen LogP contribution in [0.1, 0.15) is 11.3 Å². The first-order chi connectivity index (χ1) is 8.74. The van der Waals surface area contributed by atoms with Crippen LogP contribution in [0.15, 0.2) is 51.6 Å². The molecule has 0 aliphatic heterocycles. The van der Waals surface area contributed by atoms with Gasteiger partial charge in [0.15, 0.2) is 4.67 Å². The minimum atomic E-state index is -0.216. The van der Waals surface area contributed by atoms with Gasteiger partial charge in [-0.1, -0.05) is 30.3 Å². The van der Waals surface area contributed by atoms with Gasteiger partial charge in [-0.25, -0.2) is 4.79 Å². The molecule has 0 spiro atoms. The highest BCUT2D eigenvalue weighted by Gasteiger charge is 2.03. The van der Waals surface area contributed by atoms with Crippen LogP contribution in [-0.4, -0.2) is 6.03 Å². The van der Waals surface area contributed by atoms with Crippen LogP contribution < -0.4 is 10.6 Å². The highest BCUT2D eigenvalue weighted by atomic mass is 79.9. The van der Waals surface area contributed by atoms with E-state index in [2.05, 4.69) is 26.6 Å². The molecule has 2 rings (SSSR count). The Kier molecular flexibility index (Phi) is 4.41. The SMILES string of the molecule is O=C(NCc1ccccc1)NCc1ccc(Br)o1. The lowest BCUT2D eigenvalue weighted by Crippen LogP contribution is -2.34. The van der Waals surface area contributed by atoms with Crippen LogP contribution >= 0.6 is 15.9 Å². The number of carbonyl (C=O) groups is 1. The number of hydrogen-bond donors (Lipinski definition) is 2. The topological polar surface area (TPSA) is 54.3 Å². The van der Waals surface area contributed by atoms with Gasteiger partial charge in [-0.05, 0) is 33.6 Å². The Morgan fingerprint density at radius 2 is 1.78 bits per heavy atom. The van der Waals surface area contributed by atoms with Gasteiger partial charge >= 0.3 is 6.03 Å². The minimum absolute atomic E-state index is 0.216. The number of nitrogens with one attached hydrogen (secondary N) is 2. The van der Waals surface area contributed by atoms with Gasteiger partial charge in [0.2, 0.25) is 0 Å². The lowest BCUT2D eigenvalue weighted by molar-refractivity contribution is 0.239. The maximum absolute atomic E-state index is 11.5. The highest BCUT2D eigenvalue weighted by Crippen LogP contribution is 2.13. The highest BCUT2D eigenvalue weighted by molar-refractivity contribution is 9.10. The molecule has 2 aromatic rings. The number of hydrogen-bond acceptors (Lipinski definition) is 2. The van der Waals surface area contributed by atoms with E-state index in [0.29, 0.717) is 23.5 Å². The summed E-state index contributed by atoms with van der Waals surface area (Å²) in [6.45, 7) is 0.876. The fraction of sp³-hybridized carbons (Fsp3) is 0.154. The molecule has 18 heavy (non-hydrogen) atoms. The Hall–Kier alpha value is -1.75. The van der Waals surface area contributed by atoms with E-state index < -0.39 is 0 Å². The molecule has 0 atom stereocenters. The number of benzene rings is 1. The van der Waals surface area contributed by atoms with Crippen molar-refractivity contribution in [3.63, 3.8) is 0 Å². The summed E-state index contributed by atoms with van der Waals surface area (Å²) >= 11 is 3.21. The number of furan rings is 1. The maximum atomic E-state index is 11.5. The van der Waals surface area contributed by atoms with Crippen molar-refractivity contribution < 1.29 is 9.21 Å². The summed E-state index contributed by atoms with van der Waals surface area (Å²) < 4.78 is 5.93. The summed E-state index contributed by atoms with van der Waals surface area (Å²) in [4.78, 5) is 11.5. The molecule has 5 heteroatoms. The average molecular weight is 309 g/mol. The normalized spacial score (nSPS) is 10.1. The third kappa shape index (κ3) is 3.92. The zero-order chi connectivity index (χ0) is 12.8. The van der Waals surface area contributed by atoms with Crippen LogP contribution in [0.2, 0.25) is 0 Å². The van der Waals surface area contributed by atoms with Gasteiger partial charge in [0.25, 0.3) is 0 Å². The van der Waals surface area contributed by atoms with Crippen LogP contribution in [0.5, 0.6) is 0 Å². The maximum Gasteiger partial charge on any atom is 0.315 e. The molecule has 0 radical (unpaired) electrons. The molecule has 94 valence electrons. The van der Waals surface area contributed by atoms with Crippen molar-refractivity contribution in [1.82, 2.24) is 10.6 Å². The van der Waals surface area contributed by atoms with E-state index >= 15 is 0 Å². The predicted octanol–water partition coefficient (Wildman–Crippen LogP) is 3.04. The molecule has 0 saturated heterocycles. The zero-order valence-electron chi connectivity index (χ0n) is 9.65. The molecular formula is C13H13BrN2O2. The van der Waals surface area contributed by atoms with E-state index in [1.54, 1.807) is 6.07 Å². The number of amides is 2.